The number of nitrogens with one attached hydrogen (secondary N) is 1. The molecule has 29 heavy (non-hydrogen) atoms. The highest BCUT2D eigenvalue weighted by atomic mass is 16.5. The van der Waals surface area contributed by atoms with E-state index in [2.05, 4.69) is 28.6 Å². The number of rotatable bonds is 10. The largest absolute Gasteiger partial charge is 0.494 e. The minimum atomic E-state index is 0.0469. The molecule has 154 valence electrons. The number of carbonyl (C=O) groups is 1. The molecule has 0 spiro atoms. The molecule has 0 unspecified atom stereocenters. The predicted molar refractivity (Wildman–Crippen MR) is 118 cm³/mol. The second kappa shape index (κ2) is 9.56. The van der Waals surface area contributed by atoms with Crippen molar-refractivity contribution in [3.8, 4) is 5.75 Å². The molecule has 0 bridgehead atoms. The zero-order chi connectivity index (χ0) is 20.8. The maximum absolute atomic E-state index is 11.8. The van der Waals surface area contributed by atoms with Gasteiger partial charge in [-0.25, -0.2) is 4.98 Å². The quantitative estimate of drug-likeness (QED) is 0.504. The van der Waals surface area contributed by atoms with E-state index < -0.39 is 0 Å². The Morgan fingerprint density at radius 3 is 2.45 bits per heavy atom. The Balaban J connectivity index is 1.94. The highest BCUT2D eigenvalue weighted by molar-refractivity contribution is 5.97. The van der Waals surface area contributed by atoms with Gasteiger partial charge in [0.25, 0.3) is 0 Å². The summed E-state index contributed by atoms with van der Waals surface area (Å²) in [4.78, 5) is 19.0. The molecule has 1 heterocycles. The maximum Gasteiger partial charge on any atom is 0.208 e. The fraction of sp³-hybridized carbons (Fsp3) is 0.391. The van der Waals surface area contributed by atoms with Crippen molar-refractivity contribution < 1.29 is 9.53 Å². The first kappa shape index (κ1) is 20.9. The predicted octanol–water partition coefficient (Wildman–Crippen LogP) is 4.72. The van der Waals surface area contributed by atoms with Crippen molar-refractivity contribution in [1.82, 2.24) is 14.5 Å². The molecule has 6 heteroatoms. The van der Waals surface area contributed by atoms with E-state index in [1.165, 1.54) is 0 Å². The molecule has 1 N–H and O–H groups in total. The number of ketones is 1. The molecule has 0 fully saturated rings. The number of ether oxygens (including phenoxy) is 1. The van der Waals surface area contributed by atoms with Crippen LogP contribution in [0.3, 0.4) is 0 Å². The van der Waals surface area contributed by atoms with Gasteiger partial charge in [-0.15, -0.1) is 0 Å². The second-order valence-corrected chi connectivity index (χ2v) is 6.96. The van der Waals surface area contributed by atoms with Crippen molar-refractivity contribution in [3.63, 3.8) is 0 Å². The van der Waals surface area contributed by atoms with Crippen LogP contribution in [0.15, 0.2) is 42.5 Å². The molecule has 0 aliphatic carbocycles. The average Bonchev–Trinajstić information content (AvgIpc) is 3.06. The lowest BCUT2D eigenvalue weighted by Crippen LogP contribution is -2.27. The summed E-state index contributed by atoms with van der Waals surface area (Å²) < 4.78 is 7.71. The lowest BCUT2D eigenvalue weighted by atomic mass is 10.1. The summed E-state index contributed by atoms with van der Waals surface area (Å²) in [6.45, 7) is 12.3. The summed E-state index contributed by atoms with van der Waals surface area (Å²) in [5, 5.41) is 3.43. The molecule has 0 radical (unpaired) electrons. The number of nitrogens with zero attached hydrogens (tertiary/aromatic N) is 3. The zero-order valence-corrected chi connectivity index (χ0v) is 17.7. The Morgan fingerprint density at radius 2 is 1.83 bits per heavy atom. The van der Waals surface area contributed by atoms with E-state index in [1.807, 2.05) is 49.4 Å². The first-order valence-corrected chi connectivity index (χ1v) is 10.3. The zero-order valence-electron chi connectivity index (χ0n) is 17.7. The summed E-state index contributed by atoms with van der Waals surface area (Å²) in [7, 11) is 0. The molecule has 0 aliphatic rings. The van der Waals surface area contributed by atoms with Crippen LogP contribution in [0.1, 0.15) is 38.1 Å². The van der Waals surface area contributed by atoms with Gasteiger partial charge in [0.15, 0.2) is 5.78 Å². The van der Waals surface area contributed by atoms with Crippen LogP contribution in [0, 0.1) is 0 Å². The Morgan fingerprint density at radius 1 is 1.10 bits per heavy atom. The molecule has 0 saturated heterocycles. The highest BCUT2D eigenvalue weighted by Gasteiger charge is 2.14. The number of hydrogen-bond donors (Lipinski definition) is 1. The molecule has 1 aromatic heterocycles. The molecule has 0 amide bonds. The van der Waals surface area contributed by atoms with Crippen molar-refractivity contribution >= 4 is 28.5 Å². The van der Waals surface area contributed by atoms with Gasteiger partial charge in [-0.05, 0) is 69.4 Å². The van der Waals surface area contributed by atoms with Gasteiger partial charge in [0.2, 0.25) is 5.95 Å². The van der Waals surface area contributed by atoms with E-state index in [-0.39, 0.29) is 5.78 Å². The summed E-state index contributed by atoms with van der Waals surface area (Å²) in [5.41, 5.74) is 3.47. The van der Waals surface area contributed by atoms with Gasteiger partial charge >= 0.3 is 0 Å². The van der Waals surface area contributed by atoms with E-state index in [9.17, 15) is 4.79 Å². The van der Waals surface area contributed by atoms with Crippen LogP contribution in [-0.4, -0.2) is 46.5 Å². The standard InChI is InChI=1S/C23H30N4O2/c1-5-26(6-2)14-15-27-22-13-8-18(17(4)28)16-21(22)25-23(27)24-19-9-11-20(12-10-19)29-7-3/h8-13,16H,5-7,14-15H2,1-4H3,(H,24,25). The SMILES string of the molecule is CCOc1ccc(Nc2nc3cc(C(C)=O)ccc3n2CCN(CC)CC)cc1. The summed E-state index contributed by atoms with van der Waals surface area (Å²) >= 11 is 0. The van der Waals surface area contributed by atoms with Crippen molar-refractivity contribution in [2.24, 2.45) is 0 Å². The van der Waals surface area contributed by atoms with Crippen LogP contribution in [0.25, 0.3) is 11.0 Å². The van der Waals surface area contributed by atoms with Gasteiger partial charge in [0, 0.05) is 24.3 Å². The third-order valence-electron chi connectivity index (χ3n) is 5.11. The van der Waals surface area contributed by atoms with Crippen LogP contribution < -0.4 is 10.1 Å². The number of benzene rings is 2. The van der Waals surface area contributed by atoms with Gasteiger partial charge < -0.3 is 19.5 Å². The Kier molecular flexibility index (Phi) is 6.88. The van der Waals surface area contributed by atoms with Gasteiger partial charge in [-0.2, -0.15) is 0 Å². The molecule has 2 aromatic carbocycles. The second-order valence-electron chi connectivity index (χ2n) is 6.96. The van der Waals surface area contributed by atoms with Crippen LogP contribution in [0.5, 0.6) is 5.75 Å². The van der Waals surface area contributed by atoms with Gasteiger partial charge in [-0.3, -0.25) is 4.79 Å². The molecule has 6 nitrogen and oxygen atoms in total. The summed E-state index contributed by atoms with van der Waals surface area (Å²) in [6.07, 6.45) is 0. The minimum Gasteiger partial charge on any atom is -0.494 e. The third kappa shape index (κ3) is 4.95. The van der Waals surface area contributed by atoms with E-state index in [4.69, 9.17) is 9.72 Å². The number of aromatic nitrogens is 2. The molecular weight excluding hydrogens is 364 g/mol. The highest BCUT2D eigenvalue weighted by Crippen LogP contribution is 2.25. The summed E-state index contributed by atoms with van der Waals surface area (Å²) in [6, 6.07) is 13.6. The minimum absolute atomic E-state index is 0.0469. The fourth-order valence-electron chi connectivity index (χ4n) is 3.38. The van der Waals surface area contributed by atoms with E-state index in [0.717, 1.165) is 54.6 Å². The van der Waals surface area contributed by atoms with Crippen LogP contribution in [0.4, 0.5) is 11.6 Å². The van der Waals surface area contributed by atoms with Crippen LogP contribution in [-0.2, 0) is 6.54 Å². The Labute approximate surface area is 172 Å². The normalized spacial score (nSPS) is 11.2. The van der Waals surface area contributed by atoms with E-state index >= 15 is 0 Å². The molecular formula is C23H30N4O2. The van der Waals surface area contributed by atoms with Gasteiger partial charge in [-0.1, -0.05) is 13.8 Å². The molecule has 3 rings (SSSR count). The van der Waals surface area contributed by atoms with Crippen LogP contribution >= 0.6 is 0 Å². The smallest absolute Gasteiger partial charge is 0.208 e. The van der Waals surface area contributed by atoms with E-state index in [0.29, 0.717) is 12.2 Å². The summed E-state index contributed by atoms with van der Waals surface area (Å²) in [5.74, 6) is 1.67. The van der Waals surface area contributed by atoms with Crippen molar-refractivity contribution in [1.29, 1.82) is 0 Å². The number of anilines is 2. The lowest BCUT2D eigenvalue weighted by Gasteiger charge is -2.19. The first-order chi connectivity index (χ1) is 14.0. The van der Waals surface area contributed by atoms with Crippen molar-refractivity contribution in [3.05, 3.63) is 48.0 Å². The third-order valence-corrected chi connectivity index (χ3v) is 5.11. The maximum atomic E-state index is 11.8. The lowest BCUT2D eigenvalue weighted by molar-refractivity contribution is 0.101. The Bertz CT molecular complexity index is 959. The van der Waals surface area contributed by atoms with Crippen molar-refractivity contribution in [2.75, 3.05) is 31.6 Å². The first-order valence-electron chi connectivity index (χ1n) is 10.3. The molecule has 0 atom stereocenters. The number of Topliss-reactive ketones (excluding diaryl/α,β-unsaturated/α-hetero) is 1. The monoisotopic (exact) mass is 394 g/mol. The van der Waals surface area contributed by atoms with Gasteiger partial charge in [0.1, 0.15) is 5.75 Å². The molecule has 3 aromatic rings. The number of imidazole rings is 1. The fourth-order valence-corrected chi connectivity index (χ4v) is 3.38. The topological polar surface area (TPSA) is 59.4 Å². The number of hydrogen-bond acceptors (Lipinski definition) is 5. The average molecular weight is 395 g/mol. The number of fused-ring (bicyclic) bond motifs is 1. The van der Waals surface area contributed by atoms with Crippen LogP contribution in [0.2, 0.25) is 0 Å². The Hall–Kier alpha value is -2.86. The van der Waals surface area contributed by atoms with E-state index in [1.54, 1.807) is 6.92 Å². The van der Waals surface area contributed by atoms with Gasteiger partial charge in [0.05, 0.1) is 17.6 Å². The number of carbonyl (C=O) groups excluding carboxylic acids is 1. The molecule has 0 saturated carbocycles. The van der Waals surface area contributed by atoms with Crippen molar-refractivity contribution in [2.45, 2.75) is 34.2 Å². The molecule has 0 aliphatic heterocycles. The number of likely N-dealkylation sites (N-methyl/N-ethyl adjacent to an activating group) is 1.